The van der Waals surface area contributed by atoms with Gasteiger partial charge in [-0.3, -0.25) is 9.97 Å². The van der Waals surface area contributed by atoms with Crippen LogP contribution < -0.4 is 32.9 Å². The van der Waals surface area contributed by atoms with Crippen molar-refractivity contribution in [3.8, 4) is 0 Å². The van der Waals surface area contributed by atoms with Crippen LogP contribution >= 0.6 is 11.6 Å². The van der Waals surface area contributed by atoms with Gasteiger partial charge in [0.2, 0.25) is 0 Å². The molecule has 7 rings (SSSR count). The third kappa shape index (κ3) is 27.9. The maximum atomic E-state index is 12.5. The number of piperidine rings is 1. The molecule has 1 saturated heterocycles. The molecule has 3 aromatic heterocycles. The van der Waals surface area contributed by atoms with Gasteiger partial charge in [-0.1, -0.05) is 131 Å². The summed E-state index contributed by atoms with van der Waals surface area (Å²) in [5.41, 5.74) is 8.99. The third-order valence-electron chi connectivity index (χ3n) is 7.90. The second-order valence-corrected chi connectivity index (χ2v) is 14.0. The van der Waals surface area contributed by atoms with Crippen LogP contribution in [-0.2, 0) is 0 Å². The molecule has 0 amide bonds. The minimum atomic E-state index is -0.241. The van der Waals surface area contributed by atoms with E-state index < -0.39 is 0 Å². The first kappa shape index (κ1) is 54.7. The molecule has 0 saturated carbocycles. The highest BCUT2D eigenvalue weighted by Gasteiger charge is 2.10. The summed E-state index contributed by atoms with van der Waals surface area (Å²) in [6, 6.07) is 25.4. The lowest BCUT2D eigenvalue weighted by Gasteiger charge is -2.26. The number of hydrogen-bond donors (Lipinski definition) is 0. The molecule has 5 nitrogen and oxygen atoms in total. The van der Waals surface area contributed by atoms with Crippen molar-refractivity contribution in [2.45, 2.75) is 67.6 Å². The molecule has 0 bridgehead atoms. The van der Waals surface area contributed by atoms with Gasteiger partial charge in [0.05, 0.1) is 7.85 Å². The number of likely N-dealkylation sites (tertiary alicyclic amines) is 1. The molecule has 1 aliphatic heterocycles. The molecule has 0 unspecified atom stereocenters. The number of halogens is 2. The first-order chi connectivity index (χ1) is 27.3. The highest BCUT2D eigenvalue weighted by molar-refractivity contribution is 6.36. The van der Waals surface area contributed by atoms with Crippen LogP contribution in [0.3, 0.4) is 0 Å². The van der Waals surface area contributed by atoms with Gasteiger partial charge < -0.3 is 4.90 Å². The topological polar surface area (TPSA) is 54.8 Å². The van der Waals surface area contributed by atoms with Crippen LogP contribution in [0, 0.1) is 47.4 Å². The second-order valence-electron chi connectivity index (χ2n) is 13.6. The summed E-state index contributed by atoms with van der Waals surface area (Å²) in [6.45, 7) is 13.8. The quantitative estimate of drug-likeness (QED) is 0.214. The van der Waals surface area contributed by atoms with Crippen LogP contribution in [0.1, 0.15) is 54.0 Å². The van der Waals surface area contributed by atoms with Gasteiger partial charge in [-0.05, 0) is 109 Å². The fourth-order valence-electron chi connectivity index (χ4n) is 4.17. The zero-order valence-corrected chi connectivity index (χ0v) is 35.6. The van der Waals surface area contributed by atoms with E-state index in [1.54, 1.807) is 56.0 Å². The number of aromatic nitrogens is 4. The van der Waals surface area contributed by atoms with Gasteiger partial charge in [0.1, 0.15) is 58.7 Å². The van der Waals surface area contributed by atoms with E-state index in [1.165, 1.54) is 37.6 Å². The van der Waals surface area contributed by atoms with Crippen molar-refractivity contribution in [1.82, 2.24) is 24.8 Å². The zero-order chi connectivity index (χ0) is 43.6. The van der Waals surface area contributed by atoms with Crippen LogP contribution in [-0.4, -0.2) is 99.9 Å². The summed E-state index contributed by atoms with van der Waals surface area (Å²) >= 11 is 5.73. The Morgan fingerprint density at radius 3 is 1.42 bits per heavy atom. The van der Waals surface area contributed by atoms with Gasteiger partial charge in [-0.2, -0.15) is 0 Å². The minimum absolute atomic E-state index is 0. The Morgan fingerprint density at radius 1 is 0.559 bits per heavy atom. The first-order valence-electron chi connectivity index (χ1n) is 18.5. The molecule has 4 heterocycles. The molecule has 0 spiro atoms. The highest BCUT2D eigenvalue weighted by atomic mass is 35.5. The lowest BCUT2D eigenvalue weighted by molar-refractivity contribution is 0.277. The zero-order valence-electron chi connectivity index (χ0n) is 34.8. The van der Waals surface area contributed by atoms with Crippen LogP contribution in [0.2, 0.25) is 10.8 Å². The molecule has 0 atom stereocenters. The molecule has 3 aromatic carbocycles. The van der Waals surface area contributed by atoms with Gasteiger partial charge in [-0.15, -0.1) is 0 Å². The fourth-order valence-corrected chi connectivity index (χ4v) is 4.36. The van der Waals surface area contributed by atoms with E-state index in [0.29, 0.717) is 33.4 Å². The van der Waals surface area contributed by atoms with Crippen molar-refractivity contribution in [3.05, 3.63) is 154 Å². The fraction of sp³-hybridized carbons (Fsp3) is 0.289. The number of rotatable bonds is 0. The van der Waals surface area contributed by atoms with Gasteiger partial charge in [0.15, 0.2) is 0 Å². The van der Waals surface area contributed by atoms with E-state index in [4.69, 9.17) is 66.5 Å². The Labute approximate surface area is 369 Å². The van der Waals surface area contributed by atoms with Crippen LogP contribution in [0.4, 0.5) is 4.39 Å². The van der Waals surface area contributed by atoms with E-state index in [9.17, 15) is 4.39 Å². The number of aryl methyl sites for hydroxylation is 6. The molecule has 0 aliphatic carbocycles. The number of benzene rings is 3. The third-order valence-corrected chi connectivity index (χ3v) is 8.31. The van der Waals surface area contributed by atoms with Crippen molar-refractivity contribution in [2.75, 3.05) is 20.1 Å². The van der Waals surface area contributed by atoms with Crippen LogP contribution in [0.5, 0.6) is 0 Å². The molecular formula is C45H52B7ClFN5. The predicted molar refractivity (Wildman–Crippen MR) is 259 cm³/mol. The largest absolute Gasteiger partial charge is 0.306 e. The summed E-state index contributed by atoms with van der Waals surface area (Å²) in [7, 11) is 40.0. The molecule has 14 heteroatoms. The van der Waals surface area contributed by atoms with Gasteiger partial charge in [0.25, 0.3) is 0 Å². The lowest BCUT2D eigenvalue weighted by atomic mass is 9.80. The van der Waals surface area contributed by atoms with E-state index in [-0.39, 0.29) is 13.2 Å². The Kier molecular flexibility index (Phi) is 28.4. The summed E-state index contributed by atoms with van der Waals surface area (Å²) in [4.78, 5) is 17.8. The molecule has 1 aliphatic rings. The number of hydrogen-bond acceptors (Lipinski definition) is 5. The normalized spacial score (nSPS) is 11.4. The Bertz CT molecular complexity index is 1680. The highest BCUT2D eigenvalue weighted by Crippen LogP contribution is 2.16. The Balaban J connectivity index is 0.000000664. The minimum Gasteiger partial charge on any atom is -0.306 e. The molecule has 0 N–H and O–H groups in total. The van der Waals surface area contributed by atoms with Crippen molar-refractivity contribution in [3.63, 3.8) is 0 Å². The average molecular weight is 793 g/mol. The smallest absolute Gasteiger partial charge is 0.141 e. The second kappa shape index (κ2) is 30.7. The van der Waals surface area contributed by atoms with Crippen LogP contribution in [0.25, 0.3) is 0 Å². The van der Waals surface area contributed by atoms with E-state index in [2.05, 4.69) is 31.9 Å². The summed E-state index contributed by atoms with van der Waals surface area (Å²) in [5, 5.41) is 0.731. The van der Waals surface area contributed by atoms with Gasteiger partial charge in [-0.25, -0.2) is 14.4 Å². The average Bonchev–Trinajstić information content (AvgIpc) is 3.19. The van der Waals surface area contributed by atoms with E-state index in [0.717, 1.165) is 38.6 Å². The molecule has 6 aromatic rings. The molecule has 59 heavy (non-hydrogen) atoms. The maximum absolute atomic E-state index is 12.5. The van der Waals surface area contributed by atoms with E-state index >= 15 is 0 Å². The molecule has 292 valence electrons. The Morgan fingerprint density at radius 2 is 1.05 bits per heavy atom. The first-order valence-corrected chi connectivity index (χ1v) is 18.9. The lowest BCUT2D eigenvalue weighted by Crippen LogP contribution is -2.27. The number of nitrogens with zero attached hydrogens (tertiary/aromatic N) is 5. The molecule has 1 fully saturated rings. The summed E-state index contributed by atoms with van der Waals surface area (Å²) < 4.78 is 12.5. The maximum Gasteiger partial charge on any atom is 0.141 e. The predicted octanol–water partition coefficient (Wildman–Crippen LogP) is 4.41. The standard InChI is InChI=1S/C7H6BCl.C7H6BF.C7H7B.C6H12BN.2C6H6BN.C5H5BN2.CH4/c2*1-5-2-3-6(8)4-7(5)9;1-6-2-4-7(8)5-3-6;1-8-4-2-6(7)3-5-8;1-5-2-3-6(7)4-8-5;1-5-2-3-6(7)8-4-5;1-4-7-2-5(6)3-8-4;/h2*2-4H,1H3;2-5H,1H3;6H,2-5H2,1H3;2*2-4H,1H3;2-3H,1H3;1H4. The molecular weight excluding hydrogens is 741 g/mol. The molecule has 14 radical (unpaired) electrons. The van der Waals surface area contributed by atoms with Gasteiger partial charge in [0, 0.05) is 35.5 Å². The Hall–Kier alpha value is -4.33. The van der Waals surface area contributed by atoms with E-state index in [1.807, 2.05) is 89.2 Å². The number of pyridine rings is 2. The monoisotopic (exact) mass is 793 g/mol. The summed E-state index contributed by atoms with van der Waals surface area (Å²) in [6.07, 6.45) is 8.92. The van der Waals surface area contributed by atoms with Gasteiger partial charge >= 0.3 is 0 Å². The SMILES string of the molecule is C.[B]C1CCN(C)CC1.[B]c1ccc(C)c(Cl)c1.[B]c1ccc(C)c(F)c1.[B]c1ccc(C)cc1.[B]c1ccc(C)cn1.[B]c1ccc(C)nc1.[B]c1cnc(C)nc1. The van der Waals surface area contributed by atoms with Crippen molar-refractivity contribution in [2.24, 2.45) is 0 Å². The van der Waals surface area contributed by atoms with Crippen LogP contribution in [0.15, 0.2) is 110 Å². The van der Waals surface area contributed by atoms with Crippen molar-refractivity contribution in [1.29, 1.82) is 0 Å². The van der Waals surface area contributed by atoms with Crippen molar-refractivity contribution < 1.29 is 4.39 Å². The summed E-state index contributed by atoms with van der Waals surface area (Å²) in [5.74, 6) is 0.986. The van der Waals surface area contributed by atoms with Crippen molar-refractivity contribution >= 4 is 99.4 Å².